The highest BCUT2D eigenvalue weighted by Gasteiger charge is 2.32. The molecule has 1 aliphatic rings. The van der Waals surface area contributed by atoms with Gasteiger partial charge in [-0.2, -0.15) is 0 Å². The summed E-state index contributed by atoms with van der Waals surface area (Å²) < 4.78 is 5.20. The largest absolute Gasteiger partial charge is 0.462 e. The maximum absolute atomic E-state index is 12.8. The van der Waals surface area contributed by atoms with Gasteiger partial charge >= 0.3 is 5.97 Å². The molecule has 1 saturated carbocycles. The quantitative estimate of drug-likeness (QED) is 0.630. The molecule has 1 fully saturated rings. The third-order valence-electron chi connectivity index (χ3n) is 4.82. The Morgan fingerprint density at radius 3 is 2.48 bits per heavy atom. The van der Waals surface area contributed by atoms with Crippen LogP contribution in [0.15, 0.2) is 29.6 Å². The van der Waals surface area contributed by atoms with Gasteiger partial charge in [-0.1, -0.05) is 29.8 Å². The van der Waals surface area contributed by atoms with Gasteiger partial charge in [0.25, 0.3) is 0 Å². The minimum Gasteiger partial charge on any atom is -0.462 e. The molecule has 3 rings (SSSR count). The standard InChI is InChI=1S/C22H26N2O4S/c1-4-28-22(27)20-17(15-9-10-15)12-29-21(20)24-19(26)11-18(23-14(3)25)16-7-5-13(2)6-8-16/h5-8,12,15,18H,4,9-11H2,1-3H3,(H,23,25)(H,24,26). The van der Waals surface area contributed by atoms with Crippen molar-refractivity contribution in [3.8, 4) is 0 Å². The number of hydrogen-bond donors (Lipinski definition) is 2. The summed E-state index contributed by atoms with van der Waals surface area (Å²) in [6.45, 7) is 5.46. The number of aryl methyl sites for hydroxylation is 1. The number of carbonyl (C=O) groups is 3. The highest BCUT2D eigenvalue weighted by molar-refractivity contribution is 7.15. The first kappa shape index (κ1) is 21.0. The van der Waals surface area contributed by atoms with E-state index in [1.54, 1.807) is 6.92 Å². The number of esters is 1. The average molecular weight is 415 g/mol. The van der Waals surface area contributed by atoms with Crippen LogP contribution in [0.25, 0.3) is 0 Å². The fourth-order valence-electron chi connectivity index (χ4n) is 3.23. The topological polar surface area (TPSA) is 84.5 Å². The lowest BCUT2D eigenvalue weighted by Crippen LogP contribution is -2.29. The second-order valence-corrected chi connectivity index (χ2v) is 8.19. The molecule has 29 heavy (non-hydrogen) atoms. The van der Waals surface area contributed by atoms with E-state index in [0.29, 0.717) is 16.5 Å². The van der Waals surface area contributed by atoms with E-state index in [2.05, 4.69) is 10.6 Å². The van der Waals surface area contributed by atoms with Crippen LogP contribution < -0.4 is 10.6 Å². The van der Waals surface area contributed by atoms with Gasteiger partial charge in [0.05, 0.1) is 24.6 Å². The van der Waals surface area contributed by atoms with E-state index in [-0.39, 0.29) is 24.8 Å². The zero-order chi connectivity index (χ0) is 21.0. The van der Waals surface area contributed by atoms with Crippen LogP contribution in [0.5, 0.6) is 0 Å². The highest BCUT2D eigenvalue weighted by atomic mass is 32.1. The van der Waals surface area contributed by atoms with Gasteiger partial charge in [0.1, 0.15) is 5.00 Å². The molecule has 0 saturated heterocycles. The van der Waals surface area contributed by atoms with Gasteiger partial charge in [0, 0.05) is 6.92 Å². The molecule has 154 valence electrons. The summed E-state index contributed by atoms with van der Waals surface area (Å²) in [6.07, 6.45) is 2.17. The van der Waals surface area contributed by atoms with E-state index in [4.69, 9.17) is 4.74 Å². The first-order valence-electron chi connectivity index (χ1n) is 9.81. The van der Waals surface area contributed by atoms with Crippen LogP contribution in [0, 0.1) is 6.92 Å². The second-order valence-electron chi connectivity index (χ2n) is 7.31. The average Bonchev–Trinajstić information content (AvgIpc) is 3.42. The maximum atomic E-state index is 12.8. The van der Waals surface area contributed by atoms with E-state index < -0.39 is 12.0 Å². The smallest absolute Gasteiger partial charge is 0.341 e. The number of ether oxygens (including phenoxy) is 1. The van der Waals surface area contributed by atoms with Gasteiger partial charge < -0.3 is 15.4 Å². The molecule has 2 amide bonds. The van der Waals surface area contributed by atoms with Gasteiger partial charge in [-0.15, -0.1) is 11.3 Å². The molecule has 6 nitrogen and oxygen atoms in total. The first-order valence-corrected chi connectivity index (χ1v) is 10.7. The molecule has 2 aromatic rings. The van der Waals surface area contributed by atoms with E-state index in [1.165, 1.54) is 18.3 Å². The third kappa shape index (κ3) is 5.44. The molecular formula is C22H26N2O4S. The van der Waals surface area contributed by atoms with Crippen LogP contribution in [0.4, 0.5) is 5.00 Å². The first-order chi connectivity index (χ1) is 13.9. The normalized spacial score (nSPS) is 14.2. The maximum Gasteiger partial charge on any atom is 0.341 e. The second kappa shape index (κ2) is 9.22. The number of hydrogen-bond acceptors (Lipinski definition) is 5. The summed E-state index contributed by atoms with van der Waals surface area (Å²) in [5.74, 6) is -0.499. The van der Waals surface area contributed by atoms with E-state index in [9.17, 15) is 14.4 Å². The summed E-state index contributed by atoms with van der Waals surface area (Å²) in [5.41, 5.74) is 3.39. The molecular weight excluding hydrogens is 388 g/mol. The molecule has 1 aromatic heterocycles. The van der Waals surface area contributed by atoms with Crippen molar-refractivity contribution in [2.24, 2.45) is 0 Å². The summed E-state index contributed by atoms with van der Waals surface area (Å²) in [4.78, 5) is 36.9. The minimum absolute atomic E-state index is 0.0710. The molecule has 1 unspecified atom stereocenters. The molecule has 0 radical (unpaired) electrons. The van der Waals surface area contributed by atoms with Crippen LogP contribution in [0.2, 0.25) is 0 Å². The number of rotatable bonds is 8. The van der Waals surface area contributed by atoms with Crippen molar-refractivity contribution in [1.29, 1.82) is 0 Å². The van der Waals surface area contributed by atoms with Crippen molar-refractivity contribution >= 4 is 34.1 Å². The number of thiophene rings is 1. The van der Waals surface area contributed by atoms with Crippen molar-refractivity contribution in [1.82, 2.24) is 5.32 Å². The van der Waals surface area contributed by atoms with Crippen LogP contribution >= 0.6 is 11.3 Å². The van der Waals surface area contributed by atoms with E-state index in [1.807, 2.05) is 36.6 Å². The predicted molar refractivity (Wildman–Crippen MR) is 113 cm³/mol. The molecule has 0 aliphatic heterocycles. The lowest BCUT2D eigenvalue weighted by atomic mass is 10.0. The highest BCUT2D eigenvalue weighted by Crippen LogP contribution is 2.46. The molecule has 2 N–H and O–H groups in total. The van der Waals surface area contributed by atoms with Crippen LogP contribution in [0.1, 0.15) is 72.1 Å². The molecule has 0 bridgehead atoms. The summed E-state index contributed by atoms with van der Waals surface area (Å²) >= 11 is 1.35. The van der Waals surface area contributed by atoms with Crippen molar-refractivity contribution in [3.63, 3.8) is 0 Å². The lowest BCUT2D eigenvalue weighted by molar-refractivity contribution is -0.120. The minimum atomic E-state index is -0.443. The Kier molecular flexibility index (Phi) is 6.69. The Labute approximate surface area is 174 Å². The zero-order valence-electron chi connectivity index (χ0n) is 16.9. The number of anilines is 1. The van der Waals surface area contributed by atoms with Crippen molar-refractivity contribution < 1.29 is 19.1 Å². The van der Waals surface area contributed by atoms with Crippen LogP contribution in [-0.4, -0.2) is 24.4 Å². The predicted octanol–water partition coefficient (Wildman–Crippen LogP) is 4.32. The lowest BCUT2D eigenvalue weighted by Gasteiger charge is -2.18. The molecule has 1 aliphatic carbocycles. The van der Waals surface area contributed by atoms with Crippen LogP contribution in [-0.2, 0) is 14.3 Å². The SMILES string of the molecule is CCOC(=O)c1c(C2CC2)csc1NC(=O)CC(NC(C)=O)c1ccc(C)cc1. The monoisotopic (exact) mass is 414 g/mol. The number of benzene rings is 1. The van der Waals surface area contributed by atoms with Gasteiger partial charge in [-0.3, -0.25) is 9.59 Å². The fourth-order valence-corrected chi connectivity index (χ4v) is 4.28. The molecule has 1 atom stereocenters. The molecule has 0 spiro atoms. The number of amides is 2. The fraction of sp³-hybridized carbons (Fsp3) is 0.409. The summed E-state index contributed by atoms with van der Waals surface area (Å²) in [7, 11) is 0. The molecule has 1 aromatic carbocycles. The number of carbonyl (C=O) groups excluding carboxylic acids is 3. The van der Waals surface area contributed by atoms with Gasteiger partial charge in [0.15, 0.2) is 0 Å². The zero-order valence-corrected chi connectivity index (χ0v) is 17.7. The Balaban J connectivity index is 1.77. The van der Waals surface area contributed by atoms with Crippen LogP contribution in [0.3, 0.4) is 0 Å². The van der Waals surface area contributed by atoms with Crippen molar-refractivity contribution in [2.75, 3.05) is 11.9 Å². The van der Waals surface area contributed by atoms with Gasteiger partial charge in [-0.05, 0) is 49.1 Å². The Morgan fingerprint density at radius 1 is 1.21 bits per heavy atom. The van der Waals surface area contributed by atoms with Crippen molar-refractivity contribution in [3.05, 3.63) is 51.9 Å². The Hall–Kier alpha value is -2.67. The summed E-state index contributed by atoms with van der Waals surface area (Å²) in [6, 6.07) is 7.26. The number of nitrogens with one attached hydrogen (secondary N) is 2. The Bertz CT molecular complexity index is 900. The van der Waals surface area contributed by atoms with E-state index in [0.717, 1.165) is 29.5 Å². The third-order valence-corrected chi connectivity index (χ3v) is 5.73. The summed E-state index contributed by atoms with van der Waals surface area (Å²) in [5, 5.41) is 8.15. The van der Waals surface area contributed by atoms with E-state index >= 15 is 0 Å². The Morgan fingerprint density at radius 2 is 1.90 bits per heavy atom. The molecule has 7 heteroatoms. The van der Waals surface area contributed by atoms with Crippen molar-refractivity contribution in [2.45, 2.75) is 52.0 Å². The molecule has 1 heterocycles. The van der Waals surface area contributed by atoms with Gasteiger partial charge in [-0.25, -0.2) is 4.79 Å². The van der Waals surface area contributed by atoms with Gasteiger partial charge in [0.2, 0.25) is 11.8 Å².